The van der Waals surface area contributed by atoms with Gasteiger partial charge in [0.15, 0.2) is 0 Å². The molecule has 4 rings (SSSR count). The Balaban J connectivity index is 1.67. The molecule has 29 heavy (non-hydrogen) atoms. The first-order valence-corrected chi connectivity index (χ1v) is 10.1. The number of nitrogens with zero attached hydrogens (tertiary/aromatic N) is 2. The number of amides is 1. The summed E-state index contributed by atoms with van der Waals surface area (Å²) in [4.78, 5) is 17.7. The minimum absolute atomic E-state index is 0.133. The maximum absolute atomic E-state index is 13.0. The fourth-order valence-electron chi connectivity index (χ4n) is 3.41. The van der Waals surface area contributed by atoms with Crippen molar-refractivity contribution < 1.29 is 4.79 Å². The second-order valence-corrected chi connectivity index (χ2v) is 7.36. The maximum atomic E-state index is 13.0. The zero-order valence-electron chi connectivity index (χ0n) is 16.9. The third kappa shape index (κ3) is 4.06. The summed E-state index contributed by atoms with van der Waals surface area (Å²) < 4.78 is 1.92. The first-order valence-electron chi connectivity index (χ1n) is 10.1. The Morgan fingerprint density at radius 1 is 1.00 bits per heavy atom. The van der Waals surface area contributed by atoms with Crippen LogP contribution in [-0.4, -0.2) is 15.3 Å². The van der Waals surface area contributed by atoms with Crippen molar-refractivity contribution in [3.63, 3.8) is 0 Å². The highest BCUT2D eigenvalue weighted by atomic mass is 16.1. The number of carbonyl (C=O) groups excluding carboxylic acids is 1. The third-order valence-electron chi connectivity index (χ3n) is 5.12. The van der Waals surface area contributed by atoms with Crippen molar-refractivity contribution in [2.75, 3.05) is 5.32 Å². The van der Waals surface area contributed by atoms with Crippen molar-refractivity contribution >= 4 is 17.4 Å². The largest absolute Gasteiger partial charge is 0.306 e. The van der Waals surface area contributed by atoms with E-state index in [-0.39, 0.29) is 5.91 Å². The van der Waals surface area contributed by atoms with Crippen LogP contribution in [0.15, 0.2) is 72.9 Å². The van der Waals surface area contributed by atoms with E-state index in [2.05, 4.69) is 31.3 Å². The van der Waals surface area contributed by atoms with Gasteiger partial charge in [-0.15, -0.1) is 0 Å². The summed E-state index contributed by atoms with van der Waals surface area (Å²) in [6, 6.07) is 21.9. The van der Waals surface area contributed by atoms with Crippen molar-refractivity contribution in [2.24, 2.45) is 0 Å². The van der Waals surface area contributed by atoms with E-state index < -0.39 is 0 Å². The van der Waals surface area contributed by atoms with Crippen LogP contribution >= 0.6 is 0 Å². The molecule has 4 aromatic rings. The number of fused-ring (bicyclic) bond motifs is 1. The lowest BCUT2D eigenvalue weighted by Gasteiger charge is -2.09. The van der Waals surface area contributed by atoms with Crippen molar-refractivity contribution in [3.8, 4) is 11.3 Å². The summed E-state index contributed by atoms with van der Waals surface area (Å²) in [6.07, 6.45) is 5.29. The van der Waals surface area contributed by atoms with Gasteiger partial charge in [0.05, 0.1) is 0 Å². The third-order valence-corrected chi connectivity index (χ3v) is 5.12. The molecule has 0 saturated heterocycles. The normalized spacial score (nSPS) is 11.0. The number of carbonyl (C=O) groups is 1. The number of nitrogens with one attached hydrogen (secondary N) is 1. The summed E-state index contributed by atoms with van der Waals surface area (Å²) >= 11 is 0. The number of aromatic nitrogens is 2. The first-order chi connectivity index (χ1) is 14.2. The summed E-state index contributed by atoms with van der Waals surface area (Å²) in [7, 11) is 0. The number of aryl methyl sites for hydroxylation is 2. The second-order valence-electron chi connectivity index (χ2n) is 7.36. The number of benzene rings is 2. The number of unbranched alkanes of at least 4 members (excludes halogenated alkanes) is 1. The topological polar surface area (TPSA) is 46.4 Å². The van der Waals surface area contributed by atoms with Gasteiger partial charge in [0.2, 0.25) is 0 Å². The van der Waals surface area contributed by atoms with E-state index in [9.17, 15) is 4.79 Å². The van der Waals surface area contributed by atoms with Gasteiger partial charge in [0.1, 0.15) is 17.2 Å². The van der Waals surface area contributed by atoms with E-state index in [1.807, 2.05) is 65.2 Å². The highest BCUT2D eigenvalue weighted by Crippen LogP contribution is 2.29. The predicted octanol–water partition coefficient (Wildman–Crippen LogP) is 5.90. The van der Waals surface area contributed by atoms with Crippen LogP contribution in [-0.2, 0) is 6.42 Å². The molecule has 4 nitrogen and oxygen atoms in total. The van der Waals surface area contributed by atoms with Crippen LogP contribution in [0.1, 0.15) is 41.3 Å². The SMILES string of the molecule is CCCCc1ccc(C(=O)Nc2c(-c3ccc(C)cc3)nc3ccccn23)cc1. The van der Waals surface area contributed by atoms with Crippen molar-refractivity contribution in [2.45, 2.75) is 33.1 Å². The molecule has 0 unspecified atom stereocenters. The Morgan fingerprint density at radius 3 is 2.48 bits per heavy atom. The van der Waals surface area contributed by atoms with E-state index in [1.54, 1.807) is 0 Å². The minimum atomic E-state index is -0.133. The van der Waals surface area contributed by atoms with Gasteiger partial charge < -0.3 is 5.32 Å². The summed E-state index contributed by atoms with van der Waals surface area (Å²) in [5.74, 6) is 0.551. The lowest BCUT2D eigenvalue weighted by Crippen LogP contribution is -2.14. The number of pyridine rings is 1. The van der Waals surface area contributed by atoms with Gasteiger partial charge in [-0.1, -0.05) is 61.4 Å². The van der Waals surface area contributed by atoms with Crippen LogP contribution in [0.25, 0.3) is 16.9 Å². The zero-order chi connectivity index (χ0) is 20.2. The molecule has 0 saturated carbocycles. The first kappa shape index (κ1) is 18.9. The molecule has 2 aromatic heterocycles. The van der Waals surface area contributed by atoms with Crippen LogP contribution in [0.2, 0.25) is 0 Å². The molecule has 4 heteroatoms. The molecule has 0 aliphatic carbocycles. The van der Waals surface area contributed by atoms with Gasteiger partial charge in [-0.3, -0.25) is 9.20 Å². The van der Waals surface area contributed by atoms with Gasteiger partial charge in [-0.25, -0.2) is 4.98 Å². The highest BCUT2D eigenvalue weighted by molar-refractivity contribution is 6.05. The van der Waals surface area contributed by atoms with Crippen LogP contribution in [0.4, 0.5) is 5.82 Å². The molecular weight excluding hydrogens is 358 g/mol. The summed E-state index contributed by atoms with van der Waals surface area (Å²) in [5, 5.41) is 3.09. The molecule has 146 valence electrons. The Kier molecular flexibility index (Phi) is 5.43. The number of anilines is 1. The van der Waals surface area contributed by atoms with Crippen LogP contribution in [0, 0.1) is 6.92 Å². The van der Waals surface area contributed by atoms with Gasteiger partial charge in [0, 0.05) is 17.3 Å². The van der Waals surface area contributed by atoms with Gasteiger partial charge in [0.25, 0.3) is 5.91 Å². The lowest BCUT2D eigenvalue weighted by atomic mass is 10.1. The molecule has 0 spiro atoms. The molecule has 0 bridgehead atoms. The monoisotopic (exact) mass is 383 g/mol. The molecule has 1 N–H and O–H groups in total. The highest BCUT2D eigenvalue weighted by Gasteiger charge is 2.17. The molecule has 2 heterocycles. The molecule has 0 fully saturated rings. The molecule has 2 aromatic carbocycles. The predicted molar refractivity (Wildman–Crippen MR) is 118 cm³/mol. The molecule has 0 aliphatic rings. The maximum Gasteiger partial charge on any atom is 0.256 e. The number of hydrogen-bond donors (Lipinski definition) is 1. The minimum Gasteiger partial charge on any atom is -0.306 e. The fraction of sp³-hybridized carbons (Fsp3) is 0.200. The van der Waals surface area contributed by atoms with Gasteiger partial charge >= 0.3 is 0 Å². The molecule has 0 radical (unpaired) electrons. The molecular formula is C25H25N3O. The molecule has 1 amide bonds. The van der Waals surface area contributed by atoms with E-state index in [4.69, 9.17) is 4.98 Å². The van der Waals surface area contributed by atoms with E-state index >= 15 is 0 Å². The van der Waals surface area contributed by atoms with E-state index in [0.29, 0.717) is 11.4 Å². The lowest BCUT2D eigenvalue weighted by molar-refractivity contribution is 0.102. The van der Waals surface area contributed by atoms with Crippen molar-refractivity contribution in [1.82, 2.24) is 9.38 Å². The van der Waals surface area contributed by atoms with Crippen molar-refractivity contribution in [3.05, 3.63) is 89.6 Å². The number of hydrogen-bond acceptors (Lipinski definition) is 2. The van der Waals surface area contributed by atoms with Crippen LogP contribution in [0.3, 0.4) is 0 Å². The Bertz CT molecular complexity index is 1130. The van der Waals surface area contributed by atoms with E-state index in [1.165, 1.54) is 11.1 Å². The average molecular weight is 383 g/mol. The Hall–Kier alpha value is -3.40. The van der Waals surface area contributed by atoms with E-state index in [0.717, 1.165) is 36.2 Å². The standard InChI is InChI=1S/C25H25N3O/c1-3-4-7-19-11-15-21(16-12-19)25(29)27-24-23(20-13-9-18(2)10-14-20)26-22-8-5-6-17-28(22)24/h5-6,8-17H,3-4,7H2,1-2H3,(H,27,29). The summed E-state index contributed by atoms with van der Waals surface area (Å²) in [6.45, 7) is 4.24. The Labute approximate surface area is 171 Å². The quantitative estimate of drug-likeness (QED) is 0.450. The molecule has 0 atom stereocenters. The van der Waals surface area contributed by atoms with Crippen molar-refractivity contribution in [1.29, 1.82) is 0 Å². The van der Waals surface area contributed by atoms with Gasteiger partial charge in [-0.2, -0.15) is 0 Å². The number of rotatable bonds is 6. The van der Waals surface area contributed by atoms with Crippen LogP contribution in [0.5, 0.6) is 0 Å². The Morgan fingerprint density at radius 2 is 1.76 bits per heavy atom. The van der Waals surface area contributed by atoms with Gasteiger partial charge in [-0.05, 0) is 49.6 Å². The fourth-order valence-corrected chi connectivity index (χ4v) is 3.41. The summed E-state index contributed by atoms with van der Waals surface area (Å²) in [5.41, 5.74) is 5.64. The smallest absolute Gasteiger partial charge is 0.256 e. The zero-order valence-corrected chi connectivity index (χ0v) is 16.9. The average Bonchev–Trinajstić information content (AvgIpc) is 3.11. The number of imidazole rings is 1. The molecule has 0 aliphatic heterocycles. The second kappa shape index (κ2) is 8.31. The van der Waals surface area contributed by atoms with Crippen LogP contribution < -0.4 is 5.32 Å².